The van der Waals surface area contributed by atoms with Crippen molar-refractivity contribution >= 4 is 5.69 Å². The van der Waals surface area contributed by atoms with Gasteiger partial charge in [-0.05, 0) is 37.8 Å². The molecule has 1 aliphatic heterocycles. The van der Waals surface area contributed by atoms with Crippen LogP contribution in [0.4, 0.5) is 5.69 Å². The van der Waals surface area contributed by atoms with Crippen molar-refractivity contribution in [1.29, 1.82) is 0 Å². The van der Waals surface area contributed by atoms with Crippen LogP contribution in [0.2, 0.25) is 0 Å². The van der Waals surface area contributed by atoms with Gasteiger partial charge in [0, 0.05) is 31.4 Å². The molecule has 2 N–H and O–H groups in total. The lowest BCUT2D eigenvalue weighted by molar-refractivity contribution is 0.0459. The van der Waals surface area contributed by atoms with E-state index in [-0.39, 0.29) is 6.04 Å². The van der Waals surface area contributed by atoms with Gasteiger partial charge in [0.25, 0.3) is 0 Å². The van der Waals surface area contributed by atoms with Crippen molar-refractivity contribution in [1.82, 2.24) is 0 Å². The van der Waals surface area contributed by atoms with Crippen molar-refractivity contribution in [3.63, 3.8) is 0 Å². The third kappa shape index (κ3) is 3.48. The molecule has 106 valence electrons. The van der Waals surface area contributed by atoms with Crippen LogP contribution in [0.1, 0.15) is 44.7 Å². The number of para-hydroxylation sites is 1. The first-order valence-corrected chi connectivity index (χ1v) is 7.47. The molecule has 1 fully saturated rings. The van der Waals surface area contributed by atoms with E-state index in [0.717, 1.165) is 39.0 Å². The van der Waals surface area contributed by atoms with Gasteiger partial charge >= 0.3 is 0 Å². The summed E-state index contributed by atoms with van der Waals surface area (Å²) in [4.78, 5) is 2.46. The van der Waals surface area contributed by atoms with Crippen molar-refractivity contribution in [2.45, 2.75) is 45.3 Å². The zero-order valence-electron chi connectivity index (χ0n) is 12.1. The second kappa shape index (κ2) is 6.92. The van der Waals surface area contributed by atoms with E-state index in [1.165, 1.54) is 11.3 Å². The van der Waals surface area contributed by atoms with Crippen LogP contribution in [-0.4, -0.2) is 25.8 Å². The third-order valence-electron chi connectivity index (χ3n) is 3.96. The molecule has 0 bridgehead atoms. The average molecular weight is 262 g/mol. The van der Waals surface area contributed by atoms with Gasteiger partial charge in [-0.1, -0.05) is 25.1 Å². The number of hydrogen-bond donors (Lipinski definition) is 1. The quantitative estimate of drug-likeness (QED) is 0.886. The lowest BCUT2D eigenvalue weighted by atomic mass is 10.00. The predicted octanol–water partition coefficient (Wildman–Crippen LogP) is 3.10. The first kappa shape index (κ1) is 14.4. The fourth-order valence-electron chi connectivity index (χ4n) is 2.81. The molecule has 1 aromatic rings. The molecule has 1 atom stereocenters. The van der Waals surface area contributed by atoms with Crippen molar-refractivity contribution in [2.24, 2.45) is 5.73 Å². The lowest BCUT2D eigenvalue weighted by Gasteiger charge is -2.35. The first-order valence-electron chi connectivity index (χ1n) is 7.47. The van der Waals surface area contributed by atoms with Gasteiger partial charge in [0.2, 0.25) is 0 Å². The number of nitrogens with zero attached hydrogens (tertiary/aromatic N) is 1. The summed E-state index contributed by atoms with van der Waals surface area (Å²) >= 11 is 0. The van der Waals surface area contributed by atoms with Crippen molar-refractivity contribution in [2.75, 3.05) is 24.6 Å². The monoisotopic (exact) mass is 262 g/mol. The Morgan fingerprint density at radius 2 is 1.95 bits per heavy atom. The molecular formula is C16H26N2O. The summed E-state index contributed by atoms with van der Waals surface area (Å²) in [6, 6.07) is 8.70. The predicted molar refractivity (Wildman–Crippen MR) is 80.5 cm³/mol. The summed E-state index contributed by atoms with van der Waals surface area (Å²) in [5.74, 6) is 0. The van der Waals surface area contributed by atoms with Crippen LogP contribution < -0.4 is 10.6 Å². The van der Waals surface area contributed by atoms with E-state index in [2.05, 4.69) is 43.0 Å². The molecule has 0 aromatic heterocycles. The maximum atomic E-state index is 6.23. The molecule has 0 saturated carbocycles. The van der Waals surface area contributed by atoms with Crippen molar-refractivity contribution in [3.8, 4) is 0 Å². The fraction of sp³-hybridized carbons (Fsp3) is 0.625. The van der Waals surface area contributed by atoms with Crippen LogP contribution in [0.25, 0.3) is 0 Å². The molecule has 0 spiro atoms. The highest BCUT2D eigenvalue weighted by molar-refractivity contribution is 5.55. The molecule has 0 radical (unpaired) electrons. The molecule has 3 nitrogen and oxygen atoms in total. The molecule has 2 rings (SSSR count). The minimum Gasteiger partial charge on any atom is -0.378 e. The molecule has 19 heavy (non-hydrogen) atoms. The van der Waals surface area contributed by atoms with Gasteiger partial charge in [0.05, 0.1) is 6.10 Å². The highest BCUT2D eigenvalue weighted by Crippen LogP contribution is 2.29. The Hall–Kier alpha value is -1.06. The van der Waals surface area contributed by atoms with Gasteiger partial charge in [-0.2, -0.15) is 0 Å². The number of hydrogen-bond acceptors (Lipinski definition) is 3. The van der Waals surface area contributed by atoms with E-state index in [1.54, 1.807) is 0 Å². The van der Waals surface area contributed by atoms with E-state index >= 15 is 0 Å². The first-order chi connectivity index (χ1) is 9.26. The Balaban J connectivity index is 2.07. The summed E-state index contributed by atoms with van der Waals surface area (Å²) in [7, 11) is 0. The standard InChI is InChI=1S/C16H26N2O/c1-3-15(17)14-7-5-6-8-16(14)18-11-9-13(10-12-18)19-4-2/h5-8,13,15H,3-4,9-12,17H2,1-2H3. The van der Waals surface area contributed by atoms with Gasteiger partial charge in [0.1, 0.15) is 0 Å². The largest absolute Gasteiger partial charge is 0.378 e. The number of nitrogens with two attached hydrogens (primary N) is 1. The van der Waals surface area contributed by atoms with E-state index in [1.807, 2.05) is 0 Å². The van der Waals surface area contributed by atoms with Crippen molar-refractivity contribution in [3.05, 3.63) is 29.8 Å². The molecule has 0 amide bonds. The minimum atomic E-state index is 0.140. The van der Waals surface area contributed by atoms with Crippen LogP contribution in [0.3, 0.4) is 0 Å². The Labute approximate surface area is 116 Å². The molecule has 1 saturated heterocycles. The summed E-state index contributed by atoms with van der Waals surface area (Å²) in [5.41, 5.74) is 8.81. The summed E-state index contributed by atoms with van der Waals surface area (Å²) in [6.07, 6.45) is 3.65. The smallest absolute Gasteiger partial charge is 0.0608 e. The minimum absolute atomic E-state index is 0.140. The third-order valence-corrected chi connectivity index (χ3v) is 3.96. The Morgan fingerprint density at radius 1 is 1.26 bits per heavy atom. The molecule has 1 heterocycles. The van der Waals surface area contributed by atoms with Crippen LogP contribution in [0.5, 0.6) is 0 Å². The number of benzene rings is 1. The Kier molecular flexibility index (Phi) is 5.23. The normalized spacial score (nSPS) is 18.6. The molecule has 1 aromatic carbocycles. The number of anilines is 1. The number of ether oxygens (including phenoxy) is 1. The highest BCUT2D eigenvalue weighted by atomic mass is 16.5. The lowest BCUT2D eigenvalue weighted by Crippen LogP contribution is -2.37. The van der Waals surface area contributed by atoms with Gasteiger partial charge < -0.3 is 15.4 Å². The highest BCUT2D eigenvalue weighted by Gasteiger charge is 2.22. The SMILES string of the molecule is CCOC1CCN(c2ccccc2C(N)CC)CC1. The maximum Gasteiger partial charge on any atom is 0.0608 e. The molecule has 0 aliphatic carbocycles. The van der Waals surface area contributed by atoms with Gasteiger partial charge in [-0.25, -0.2) is 0 Å². The van der Waals surface area contributed by atoms with Crippen LogP contribution in [0, 0.1) is 0 Å². The second-order valence-corrected chi connectivity index (χ2v) is 5.22. The van der Waals surface area contributed by atoms with Crippen LogP contribution in [-0.2, 0) is 4.74 Å². The number of piperidine rings is 1. The van der Waals surface area contributed by atoms with E-state index in [4.69, 9.17) is 10.5 Å². The van der Waals surface area contributed by atoms with Crippen LogP contribution in [0.15, 0.2) is 24.3 Å². The zero-order chi connectivity index (χ0) is 13.7. The Bertz CT molecular complexity index is 386. The van der Waals surface area contributed by atoms with Gasteiger partial charge in [0.15, 0.2) is 0 Å². The summed E-state index contributed by atoms with van der Waals surface area (Å²) < 4.78 is 5.71. The summed E-state index contributed by atoms with van der Waals surface area (Å²) in [5, 5.41) is 0. The average Bonchev–Trinajstić information content (AvgIpc) is 2.47. The van der Waals surface area contributed by atoms with Gasteiger partial charge in [-0.15, -0.1) is 0 Å². The second-order valence-electron chi connectivity index (χ2n) is 5.22. The fourth-order valence-corrected chi connectivity index (χ4v) is 2.81. The van der Waals surface area contributed by atoms with Crippen molar-refractivity contribution < 1.29 is 4.74 Å². The topological polar surface area (TPSA) is 38.5 Å². The molecule has 3 heteroatoms. The number of rotatable bonds is 5. The Morgan fingerprint density at radius 3 is 2.58 bits per heavy atom. The summed E-state index contributed by atoms with van der Waals surface area (Å²) in [6.45, 7) is 7.17. The van der Waals surface area contributed by atoms with E-state index < -0.39 is 0 Å². The van der Waals surface area contributed by atoms with Crippen LogP contribution >= 0.6 is 0 Å². The zero-order valence-corrected chi connectivity index (χ0v) is 12.1. The molecule has 1 aliphatic rings. The maximum absolute atomic E-state index is 6.23. The molecular weight excluding hydrogens is 236 g/mol. The van der Waals surface area contributed by atoms with Gasteiger partial charge in [-0.3, -0.25) is 0 Å². The van der Waals surface area contributed by atoms with E-state index in [0.29, 0.717) is 6.10 Å². The molecule has 1 unspecified atom stereocenters. The van der Waals surface area contributed by atoms with E-state index in [9.17, 15) is 0 Å².